The van der Waals surface area contributed by atoms with Crippen molar-refractivity contribution in [3.63, 3.8) is 0 Å². The fourth-order valence-corrected chi connectivity index (χ4v) is 6.90. The lowest BCUT2D eigenvalue weighted by Crippen LogP contribution is -2.39. The van der Waals surface area contributed by atoms with Gasteiger partial charge in [-0.25, -0.2) is 13.6 Å². The van der Waals surface area contributed by atoms with Crippen molar-refractivity contribution in [1.29, 1.82) is 0 Å². The largest absolute Gasteiger partial charge is 0.416 e. The molecule has 42 heavy (non-hydrogen) atoms. The number of halogens is 6. The Hall–Kier alpha value is -3.37. The van der Waals surface area contributed by atoms with E-state index in [1.165, 1.54) is 22.6 Å². The predicted molar refractivity (Wildman–Crippen MR) is 146 cm³/mol. The molecule has 2 aromatic carbocycles. The molecule has 0 saturated carbocycles. The zero-order valence-electron chi connectivity index (χ0n) is 21.6. The summed E-state index contributed by atoms with van der Waals surface area (Å²) in [6, 6.07) is 6.46. The van der Waals surface area contributed by atoms with Crippen molar-refractivity contribution >= 4 is 49.8 Å². The highest BCUT2D eigenvalue weighted by molar-refractivity contribution is 8.18. The van der Waals surface area contributed by atoms with Crippen LogP contribution >= 0.6 is 11.8 Å². The molecule has 2 aliphatic rings. The van der Waals surface area contributed by atoms with Gasteiger partial charge in [0.15, 0.2) is 5.17 Å². The minimum atomic E-state index is -4.99. The molecule has 0 aliphatic carbocycles. The fraction of sp³-hybridized carbons (Fsp3) is 0.346. The van der Waals surface area contributed by atoms with E-state index < -0.39 is 46.0 Å². The summed E-state index contributed by atoms with van der Waals surface area (Å²) in [5.74, 6) is -0.572. The quantitative estimate of drug-likeness (QED) is 0.310. The highest BCUT2D eigenvalue weighted by Crippen LogP contribution is 2.38. The van der Waals surface area contributed by atoms with Crippen molar-refractivity contribution in [2.75, 3.05) is 18.8 Å². The van der Waals surface area contributed by atoms with Crippen molar-refractivity contribution in [2.24, 2.45) is 16.0 Å². The molecule has 16 heteroatoms. The third-order valence-corrected chi connectivity index (χ3v) is 8.97. The predicted octanol–water partition coefficient (Wildman–Crippen LogP) is 5.09. The van der Waals surface area contributed by atoms with Crippen molar-refractivity contribution in [2.45, 2.75) is 31.7 Å². The molecule has 0 bridgehead atoms. The maximum absolute atomic E-state index is 13.6. The summed E-state index contributed by atoms with van der Waals surface area (Å²) in [7, 11) is -3.56. The van der Waals surface area contributed by atoms with Gasteiger partial charge < -0.3 is 4.90 Å². The first-order valence-electron chi connectivity index (χ1n) is 12.6. The monoisotopic (exact) mass is 631 g/mol. The number of aromatic nitrogens is 2. The lowest BCUT2D eigenvalue weighted by Gasteiger charge is -2.32. The smallest absolute Gasteiger partial charge is 0.351 e. The molecule has 8 nitrogen and oxygen atoms in total. The number of alkyl halides is 6. The number of primary sulfonamides is 1. The second kappa shape index (κ2) is 11.0. The van der Waals surface area contributed by atoms with Crippen LogP contribution in [0.4, 0.5) is 26.3 Å². The van der Waals surface area contributed by atoms with E-state index in [4.69, 9.17) is 5.14 Å². The van der Waals surface area contributed by atoms with Crippen molar-refractivity contribution < 1.29 is 39.6 Å². The van der Waals surface area contributed by atoms with Gasteiger partial charge in [-0.2, -0.15) is 36.4 Å². The Kier molecular flexibility index (Phi) is 7.91. The van der Waals surface area contributed by atoms with Crippen LogP contribution in [0.1, 0.15) is 35.1 Å². The van der Waals surface area contributed by atoms with Gasteiger partial charge in [0, 0.05) is 18.5 Å². The Morgan fingerprint density at radius 1 is 1.02 bits per heavy atom. The number of sulfonamides is 1. The number of hydrogen-bond donors (Lipinski definition) is 1. The van der Waals surface area contributed by atoms with Crippen LogP contribution < -0.4 is 5.14 Å². The van der Waals surface area contributed by atoms with Crippen LogP contribution in [0.25, 0.3) is 17.0 Å². The van der Waals surface area contributed by atoms with E-state index >= 15 is 0 Å². The van der Waals surface area contributed by atoms with Crippen LogP contribution in [0.3, 0.4) is 0 Å². The van der Waals surface area contributed by atoms with Crippen molar-refractivity contribution in [1.82, 2.24) is 14.7 Å². The average Bonchev–Trinajstić information content (AvgIpc) is 3.45. The third kappa shape index (κ3) is 6.81. The third-order valence-electron chi connectivity index (χ3n) is 6.99. The summed E-state index contributed by atoms with van der Waals surface area (Å²) in [6.45, 7) is 0.662. The SMILES string of the molecule is NS(=O)(=O)CC1CCN(C2=NC(=O)C(=Cc3ccc4c(cnn4Cc4ccc(C(F)(F)F)cc4C(F)(F)F)c3)S2)CC1. The van der Waals surface area contributed by atoms with Gasteiger partial charge in [-0.1, -0.05) is 12.1 Å². The molecule has 0 atom stereocenters. The van der Waals surface area contributed by atoms with Crippen LogP contribution in [-0.4, -0.2) is 53.0 Å². The highest BCUT2D eigenvalue weighted by atomic mass is 32.2. The number of rotatable bonds is 5. The van der Waals surface area contributed by atoms with Crippen LogP contribution in [0, 0.1) is 5.92 Å². The van der Waals surface area contributed by atoms with Gasteiger partial charge in [0.1, 0.15) is 0 Å². The first-order valence-corrected chi connectivity index (χ1v) is 15.1. The number of nitrogens with zero attached hydrogens (tertiary/aromatic N) is 4. The number of carbonyl (C=O) groups is 1. The molecule has 224 valence electrons. The number of fused-ring (bicyclic) bond motifs is 1. The van der Waals surface area contributed by atoms with Gasteiger partial charge in [0.25, 0.3) is 5.91 Å². The van der Waals surface area contributed by atoms with E-state index in [2.05, 4.69) is 10.1 Å². The zero-order chi connectivity index (χ0) is 30.4. The van der Waals surface area contributed by atoms with Crippen LogP contribution in [0.2, 0.25) is 0 Å². The van der Waals surface area contributed by atoms with E-state index in [9.17, 15) is 39.6 Å². The van der Waals surface area contributed by atoms with E-state index in [1.807, 2.05) is 4.90 Å². The molecule has 0 radical (unpaired) electrons. The maximum atomic E-state index is 13.6. The first kappa shape index (κ1) is 30.1. The van der Waals surface area contributed by atoms with E-state index in [1.54, 1.807) is 24.3 Å². The Balaban J connectivity index is 1.30. The van der Waals surface area contributed by atoms with Gasteiger partial charge in [0.05, 0.1) is 40.0 Å². The van der Waals surface area contributed by atoms with Crippen molar-refractivity contribution in [3.05, 3.63) is 69.8 Å². The molecule has 2 N–H and O–H groups in total. The number of carbonyl (C=O) groups excluding carboxylic acids is 1. The Labute approximate surface area is 240 Å². The molecule has 5 rings (SSSR count). The fourth-order valence-electron chi connectivity index (χ4n) is 4.94. The molecule has 1 fully saturated rings. The molecule has 3 aromatic rings. The number of hydrogen-bond acceptors (Lipinski definition) is 6. The lowest BCUT2D eigenvalue weighted by molar-refractivity contribution is -0.143. The molecular formula is C26H23F6N5O3S2. The number of amidine groups is 1. The van der Waals surface area contributed by atoms with E-state index in [0.717, 1.165) is 6.07 Å². The number of aliphatic imine (C=N–C) groups is 1. The Bertz CT molecular complexity index is 1710. The van der Waals surface area contributed by atoms with Gasteiger partial charge in [0.2, 0.25) is 10.0 Å². The van der Waals surface area contributed by atoms with Gasteiger partial charge >= 0.3 is 12.4 Å². The molecular weight excluding hydrogens is 608 g/mol. The Morgan fingerprint density at radius 3 is 2.38 bits per heavy atom. The number of benzene rings is 2. The Morgan fingerprint density at radius 2 is 1.74 bits per heavy atom. The summed E-state index contributed by atoms with van der Waals surface area (Å²) in [5.41, 5.74) is -2.07. The van der Waals surface area contributed by atoms with Gasteiger partial charge in [-0.05, 0) is 72.0 Å². The van der Waals surface area contributed by atoms with Gasteiger partial charge in [-0.3, -0.25) is 9.48 Å². The number of thioether (sulfide) groups is 1. The summed E-state index contributed by atoms with van der Waals surface area (Å²) in [6.07, 6.45) is -5.66. The van der Waals surface area contributed by atoms with Crippen molar-refractivity contribution in [3.8, 4) is 0 Å². The standard InChI is InChI=1S/C26H23F6N5O3S2/c27-25(28,29)19-3-2-17(20(11-19)26(30,31)32)13-37-21-4-1-16(9-18(21)12-34-37)10-22-23(38)35-24(41-22)36-7-5-15(6-8-36)14-42(33,39)40/h1-4,9-12,15H,5-8,13-14H2,(H2,33,39,40). The maximum Gasteiger partial charge on any atom is 0.416 e. The minimum Gasteiger partial charge on any atom is -0.351 e. The molecule has 1 aromatic heterocycles. The van der Waals surface area contributed by atoms with E-state index in [0.29, 0.717) is 58.5 Å². The minimum absolute atomic E-state index is 0.0547. The number of amides is 1. The summed E-state index contributed by atoms with van der Waals surface area (Å²) in [4.78, 5) is 19.0. The molecule has 0 spiro atoms. The molecule has 3 heterocycles. The zero-order valence-corrected chi connectivity index (χ0v) is 23.2. The average molecular weight is 632 g/mol. The summed E-state index contributed by atoms with van der Waals surface area (Å²) < 4.78 is 104. The molecule has 2 aliphatic heterocycles. The molecule has 1 amide bonds. The summed E-state index contributed by atoms with van der Waals surface area (Å²) >= 11 is 1.19. The second-order valence-corrected chi connectivity index (χ2v) is 12.7. The van der Waals surface area contributed by atoms with Gasteiger partial charge in [-0.15, -0.1) is 0 Å². The van der Waals surface area contributed by atoms with E-state index in [-0.39, 0.29) is 23.3 Å². The number of nitrogens with two attached hydrogens (primary N) is 1. The number of likely N-dealkylation sites (tertiary alicyclic amines) is 1. The highest BCUT2D eigenvalue weighted by Gasteiger charge is 2.38. The van der Waals surface area contributed by atoms with Crippen LogP contribution in [0.5, 0.6) is 0 Å². The topological polar surface area (TPSA) is 111 Å². The molecule has 0 unspecified atom stereocenters. The normalized spacial score (nSPS) is 18.4. The lowest BCUT2D eigenvalue weighted by atomic mass is 9.99. The number of piperidine rings is 1. The van der Waals surface area contributed by atoms with Crippen LogP contribution in [-0.2, 0) is 33.7 Å². The second-order valence-electron chi connectivity index (χ2n) is 10.1. The first-order chi connectivity index (χ1) is 19.6. The van der Waals surface area contributed by atoms with Crippen LogP contribution in [0.15, 0.2) is 52.5 Å². The summed E-state index contributed by atoms with van der Waals surface area (Å²) in [5, 5.41) is 10.3. The molecule has 1 saturated heterocycles.